The van der Waals surface area contributed by atoms with Crippen LogP contribution in [-0.4, -0.2) is 12.2 Å². The van der Waals surface area contributed by atoms with Gasteiger partial charge in [0.1, 0.15) is 0 Å². The van der Waals surface area contributed by atoms with Crippen molar-refractivity contribution in [2.24, 2.45) is 0 Å². The van der Waals surface area contributed by atoms with Crippen LogP contribution in [0.2, 0.25) is 0 Å². The molecule has 0 amide bonds. The van der Waals surface area contributed by atoms with Crippen LogP contribution in [0.15, 0.2) is 26.3 Å². The summed E-state index contributed by atoms with van der Waals surface area (Å²) in [5, 5.41) is 10.8. The van der Waals surface area contributed by atoms with E-state index in [1.54, 1.807) is 0 Å². The van der Waals surface area contributed by atoms with Crippen molar-refractivity contribution in [1.29, 1.82) is 10.8 Å². The summed E-state index contributed by atoms with van der Waals surface area (Å²) in [6, 6.07) is 0. The highest BCUT2D eigenvalue weighted by molar-refractivity contribution is 5.26. The summed E-state index contributed by atoms with van der Waals surface area (Å²) in [5.41, 5.74) is 0. The van der Waals surface area contributed by atoms with Crippen LogP contribution in [0.1, 0.15) is 0 Å². The number of rotatable bonds is 0. The van der Waals surface area contributed by atoms with Crippen molar-refractivity contribution in [3.63, 3.8) is 0 Å². The third-order valence-corrected chi connectivity index (χ3v) is 0. The van der Waals surface area contributed by atoms with Crippen molar-refractivity contribution in [3.8, 4) is 0 Å². The Morgan fingerprint density at radius 1 is 0.800 bits per heavy atom. The normalized spacial score (nSPS) is 2.40. The van der Waals surface area contributed by atoms with Crippen LogP contribution in [0.4, 0.5) is 0 Å². The van der Waals surface area contributed by atoms with Gasteiger partial charge in [-0.05, 0) is 0 Å². The molecular formula is C6H10N2O2. The molecule has 0 radical (unpaired) electrons. The topological polar surface area (TPSA) is 81.8 Å². The van der Waals surface area contributed by atoms with Crippen LogP contribution in [-0.2, 0) is 9.59 Å². The van der Waals surface area contributed by atoms with E-state index in [-0.39, 0.29) is 0 Å². The molecule has 0 unspecified atom stereocenters. The lowest BCUT2D eigenvalue weighted by Gasteiger charge is -1.02. The Hall–Kier alpha value is -1.76. The summed E-state index contributed by atoms with van der Waals surface area (Å²) in [7, 11) is 0. The zero-order valence-electron chi connectivity index (χ0n) is 5.64. The van der Waals surface area contributed by atoms with Gasteiger partial charge in [-0.1, -0.05) is 0 Å². The molecule has 0 rings (SSSR count). The Morgan fingerprint density at radius 3 is 0.800 bits per heavy atom. The lowest BCUT2D eigenvalue weighted by atomic mass is 11.3. The second kappa shape index (κ2) is 4890. The first-order valence-corrected chi connectivity index (χ1v) is 1.91. The summed E-state index contributed by atoms with van der Waals surface area (Å²) in [6.07, 6.45) is 1.50. The Morgan fingerprint density at radius 2 is 0.800 bits per heavy atom. The van der Waals surface area contributed by atoms with Gasteiger partial charge in [-0.3, -0.25) is 0 Å². The van der Waals surface area contributed by atoms with Crippen molar-refractivity contribution in [2.75, 3.05) is 0 Å². The highest BCUT2D eigenvalue weighted by atomic mass is 16.1. The molecule has 0 aromatic rings. The maximum Gasteiger partial charge on any atom is 0.231 e. The van der Waals surface area contributed by atoms with E-state index >= 15 is 0 Å². The Balaban J connectivity index is -0.0000000246. The van der Waals surface area contributed by atoms with Crippen LogP contribution >= 0.6 is 0 Å². The van der Waals surface area contributed by atoms with Crippen molar-refractivity contribution in [3.05, 3.63) is 26.3 Å². The molecule has 0 aromatic heterocycles. The lowest BCUT2D eigenvalue weighted by Crippen LogP contribution is -1.16. The van der Waals surface area contributed by atoms with E-state index in [1.807, 2.05) is 0 Å². The van der Waals surface area contributed by atoms with Crippen LogP contribution in [0.25, 0.3) is 0 Å². The van der Waals surface area contributed by atoms with Gasteiger partial charge in [0.25, 0.3) is 0 Å². The minimum absolute atomic E-state index is 0.750. The van der Waals surface area contributed by atoms with E-state index in [9.17, 15) is 0 Å². The van der Waals surface area contributed by atoms with Gasteiger partial charge in [-0.25, -0.2) is 20.4 Å². The third-order valence-electron chi connectivity index (χ3n) is 0. The maximum absolute atomic E-state index is 8.35. The quantitative estimate of drug-likeness (QED) is 0.304. The Kier molecular flexibility index (Phi) is 11800. The highest BCUT2D eigenvalue weighted by Gasteiger charge is 1.04. The molecule has 0 spiro atoms. The zero-order chi connectivity index (χ0) is 9.41. The van der Waals surface area contributed by atoms with E-state index in [2.05, 4.69) is 26.3 Å². The summed E-state index contributed by atoms with van der Waals surface area (Å²) in [6.45, 7) is 12.0. The van der Waals surface area contributed by atoms with Crippen molar-refractivity contribution in [2.45, 2.75) is 0 Å². The molecule has 0 aliphatic heterocycles. The van der Waals surface area contributed by atoms with Gasteiger partial charge in [-0.15, -0.1) is 26.3 Å². The SMILES string of the molecule is C=C.C=C.N=C=O.N=C=O. The minimum Gasteiger partial charge on any atom is -0.222 e. The fourth-order valence-corrected chi connectivity index (χ4v) is 0. The molecule has 4 nitrogen and oxygen atoms in total. The zero-order valence-corrected chi connectivity index (χ0v) is 5.64. The fourth-order valence-electron chi connectivity index (χ4n) is 0. The van der Waals surface area contributed by atoms with Gasteiger partial charge < -0.3 is 0 Å². The average molecular weight is 142 g/mol. The molecule has 0 aliphatic carbocycles. The van der Waals surface area contributed by atoms with Crippen LogP contribution in [0.3, 0.4) is 0 Å². The van der Waals surface area contributed by atoms with Crippen LogP contribution < -0.4 is 0 Å². The van der Waals surface area contributed by atoms with Crippen molar-refractivity contribution in [1.82, 2.24) is 0 Å². The number of isocyanates is 2. The molecule has 0 heterocycles. The Bertz CT molecular complexity index is 86.3. The third kappa shape index (κ3) is 55.3. The van der Waals surface area contributed by atoms with Crippen LogP contribution in [0.5, 0.6) is 0 Å². The van der Waals surface area contributed by atoms with E-state index in [4.69, 9.17) is 20.4 Å². The molecule has 0 saturated carbocycles. The molecule has 0 fully saturated rings. The summed E-state index contributed by atoms with van der Waals surface area (Å²) in [4.78, 5) is 16.7. The van der Waals surface area contributed by atoms with E-state index in [1.165, 1.54) is 0 Å². The molecule has 0 aromatic carbocycles. The van der Waals surface area contributed by atoms with Gasteiger partial charge >= 0.3 is 0 Å². The Labute approximate surface area is 59.9 Å². The first-order valence-electron chi connectivity index (χ1n) is 1.91. The molecule has 0 aliphatic rings. The molecule has 0 atom stereocenters. The van der Waals surface area contributed by atoms with Gasteiger partial charge in [-0.2, -0.15) is 0 Å². The van der Waals surface area contributed by atoms with Gasteiger partial charge in [0.05, 0.1) is 0 Å². The van der Waals surface area contributed by atoms with Gasteiger partial charge in [0, 0.05) is 0 Å². The highest BCUT2D eigenvalue weighted by Crippen LogP contribution is 0.873. The first kappa shape index (κ1) is 24.0. The predicted octanol–water partition coefficient (Wildman–Crippen LogP) is 1.41. The lowest BCUT2D eigenvalue weighted by molar-refractivity contribution is 0.562. The largest absolute Gasteiger partial charge is 0.231 e. The van der Waals surface area contributed by atoms with E-state index < -0.39 is 0 Å². The molecule has 56 valence electrons. The standard InChI is InChI=1S/2C2H4.2CHNO/c2*1-2;2*2-1-3/h2*1-2H2;2*2H. The maximum atomic E-state index is 8.35. The second-order valence-electron chi connectivity index (χ2n) is 0.204. The summed E-state index contributed by atoms with van der Waals surface area (Å²) >= 11 is 0. The number of hydrogen-bond donors (Lipinski definition) is 2. The molecular weight excluding hydrogens is 132 g/mol. The van der Waals surface area contributed by atoms with Gasteiger partial charge in [0.2, 0.25) is 12.2 Å². The number of hydrogen-bond acceptors (Lipinski definition) is 4. The fraction of sp³-hybridized carbons (Fsp3) is 0. The van der Waals surface area contributed by atoms with Crippen molar-refractivity contribution < 1.29 is 9.59 Å². The monoisotopic (exact) mass is 142 g/mol. The number of carbonyl (C=O) groups excluding carboxylic acids is 2. The van der Waals surface area contributed by atoms with E-state index in [0.29, 0.717) is 0 Å². The molecule has 2 N–H and O–H groups in total. The van der Waals surface area contributed by atoms with E-state index in [0.717, 1.165) is 12.2 Å². The smallest absolute Gasteiger partial charge is 0.222 e. The minimum atomic E-state index is 0.750. The summed E-state index contributed by atoms with van der Waals surface area (Å²) in [5.74, 6) is 0. The van der Waals surface area contributed by atoms with Crippen molar-refractivity contribution >= 4 is 12.2 Å². The van der Waals surface area contributed by atoms with Crippen LogP contribution in [0, 0.1) is 10.8 Å². The predicted molar refractivity (Wildman–Crippen MR) is 39.3 cm³/mol. The molecule has 4 heteroatoms. The summed E-state index contributed by atoms with van der Waals surface area (Å²) < 4.78 is 0. The molecule has 0 saturated heterocycles. The van der Waals surface area contributed by atoms with Gasteiger partial charge in [0.15, 0.2) is 0 Å². The first-order chi connectivity index (χ1) is 4.83. The average Bonchev–Trinajstić information content (AvgIpc) is 1.99. The molecule has 10 heavy (non-hydrogen) atoms. The number of nitrogens with one attached hydrogen (secondary N) is 2. The molecule has 0 bridgehead atoms. The second-order valence-corrected chi connectivity index (χ2v) is 0.204.